The van der Waals surface area contributed by atoms with E-state index in [1.54, 1.807) is 6.20 Å². The molecule has 1 aliphatic heterocycles. The fourth-order valence-corrected chi connectivity index (χ4v) is 1.29. The first-order valence-electron chi connectivity index (χ1n) is 3.76. The lowest BCUT2D eigenvalue weighted by molar-refractivity contribution is 0.384. The Hall–Kier alpha value is -1.64. The second-order valence-corrected chi connectivity index (χ2v) is 2.69. The van der Waals surface area contributed by atoms with Crippen molar-refractivity contribution in [3.63, 3.8) is 0 Å². The lowest BCUT2D eigenvalue weighted by atomic mass is 10.1. The molecule has 3 heteroatoms. The van der Waals surface area contributed by atoms with Gasteiger partial charge in [-0.15, -0.1) is 4.91 Å². The fraction of sp³-hybridized carbons (Fsp3) is 0.111. The van der Waals surface area contributed by atoms with E-state index in [0.717, 1.165) is 11.1 Å². The number of benzene rings is 1. The Balaban J connectivity index is 2.39. The fourth-order valence-electron chi connectivity index (χ4n) is 1.29. The average molecular weight is 160 g/mol. The first kappa shape index (κ1) is 7.03. The normalized spacial score (nSPS) is 14.2. The summed E-state index contributed by atoms with van der Waals surface area (Å²) in [6, 6.07) is 7.96. The highest BCUT2D eigenvalue weighted by Gasteiger charge is 2.08. The molecule has 1 aromatic carbocycles. The Kier molecular flexibility index (Phi) is 1.63. The lowest BCUT2D eigenvalue weighted by Gasteiger charge is -2.16. The molecule has 12 heavy (non-hydrogen) atoms. The molecular formula is C9H8N2O. The Labute approximate surface area is 70.3 Å². The number of fused-ring (bicyclic) bond motifs is 1. The van der Waals surface area contributed by atoms with Crippen molar-refractivity contribution in [2.45, 2.75) is 6.54 Å². The molecule has 0 unspecified atom stereocenters. The highest BCUT2D eigenvalue weighted by molar-refractivity contribution is 5.55. The Morgan fingerprint density at radius 2 is 2.17 bits per heavy atom. The molecule has 3 nitrogen and oxygen atoms in total. The molecule has 0 N–H and O–H groups in total. The Morgan fingerprint density at radius 3 is 3.00 bits per heavy atom. The second kappa shape index (κ2) is 2.77. The maximum absolute atomic E-state index is 10.2. The van der Waals surface area contributed by atoms with Gasteiger partial charge in [0.25, 0.3) is 0 Å². The molecule has 0 amide bonds. The van der Waals surface area contributed by atoms with E-state index in [1.807, 2.05) is 30.3 Å². The van der Waals surface area contributed by atoms with Crippen molar-refractivity contribution < 1.29 is 0 Å². The van der Waals surface area contributed by atoms with Crippen molar-refractivity contribution in [1.82, 2.24) is 5.01 Å². The molecule has 0 saturated heterocycles. The summed E-state index contributed by atoms with van der Waals surface area (Å²) in [4.78, 5) is 10.2. The minimum absolute atomic E-state index is 0.580. The van der Waals surface area contributed by atoms with Gasteiger partial charge in [-0.3, -0.25) is 0 Å². The van der Waals surface area contributed by atoms with Crippen LogP contribution < -0.4 is 0 Å². The van der Waals surface area contributed by atoms with Crippen molar-refractivity contribution in [3.05, 3.63) is 46.5 Å². The van der Waals surface area contributed by atoms with E-state index < -0.39 is 0 Å². The molecule has 1 aliphatic rings. The van der Waals surface area contributed by atoms with Crippen LogP contribution in [0.4, 0.5) is 0 Å². The number of hydrogen-bond acceptors (Lipinski definition) is 2. The van der Waals surface area contributed by atoms with Gasteiger partial charge in [0.2, 0.25) is 0 Å². The molecule has 2 rings (SSSR count). The molecule has 0 aromatic heterocycles. The van der Waals surface area contributed by atoms with E-state index in [-0.39, 0.29) is 0 Å². The van der Waals surface area contributed by atoms with Gasteiger partial charge in [0, 0.05) is 6.20 Å². The van der Waals surface area contributed by atoms with Crippen LogP contribution in [-0.4, -0.2) is 5.01 Å². The van der Waals surface area contributed by atoms with Crippen LogP contribution in [0.1, 0.15) is 11.1 Å². The van der Waals surface area contributed by atoms with Gasteiger partial charge in [-0.05, 0) is 17.2 Å². The van der Waals surface area contributed by atoms with Crippen molar-refractivity contribution in [3.8, 4) is 0 Å². The molecule has 1 heterocycles. The van der Waals surface area contributed by atoms with Crippen LogP contribution >= 0.6 is 0 Å². The summed E-state index contributed by atoms with van der Waals surface area (Å²) in [6.07, 6.45) is 3.58. The van der Waals surface area contributed by atoms with E-state index in [9.17, 15) is 4.91 Å². The first-order valence-corrected chi connectivity index (χ1v) is 3.76. The van der Waals surface area contributed by atoms with E-state index in [1.165, 1.54) is 5.01 Å². The predicted molar refractivity (Wildman–Crippen MR) is 46.8 cm³/mol. The molecular weight excluding hydrogens is 152 g/mol. The minimum Gasteiger partial charge on any atom is -0.232 e. The maximum atomic E-state index is 10.2. The molecule has 60 valence electrons. The van der Waals surface area contributed by atoms with Gasteiger partial charge in [0.05, 0.1) is 11.8 Å². The average Bonchev–Trinajstić information content (AvgIpc) is 2.17. The summed E-state index contributed by atoms with van der Waals surface area (Å²) < 4.78 is 0. The van der Waals surface area contributed by atoms with Crippen molar-refractivity contribution >= 4 is 6.08 Å². The van der Waals surface area contributed by atoms with Gasteiger partial charge in [-0.1, -0.05) is 24.3 Å². The summed E-state index contributed by atoms with van der Waals surface area (Å²) in [6.45, 7) is 0.580. The Morgan fingerprint density at radius 1 is 1.33 bits per heavy atom. The second-order valence-electron chi connectivity index (χ2n) is 2.69. The zero-order valence-corrected chi connectivity index (χ0v) is 6.47. The monoisotopic (exact) mass is 160 g/mol. The van der Waals surface area contributed by atoms with Gasteiger partial charge >= 0.3 is 0 Å². The van der Waals surface area contributed by atoms with Crippen molar-refractivity contribution in [2.75, 3.05) is 0 Å². The Bertz CT molecular complexity index is 333. The third-order valence-electron chi connectivity index (χ3n) is 1.92. The highest BCUT2D eigenvalue weighted by atomic mass is 16.3. The molecule has 1 aromatic rings. The third kappa shape index (κ3) is 1.09. The number of nitrogens with zero attached hydrogens (tertiary/aromatic N) is 2. The first-order chi connectivity index (χ1) is 5.90. The van der Waals surface area contributed by atoms with Crippen LogP contribution in [0.15, 0.2) is 35.8 Å². The van der Waals surface area contributed by atoms with Gasteiger partial charge in [0.1, 0.15) is 0 Å². The standard InChI is InChI=1S/C9H8N2O/c12-10-11-6-5-8-3-1-2-4-9(8)7-11/h1-6H,7H2. The molecule has 0 fully saturated rings. The van der Waals surface area contributed by atoms with Gasteiger partial charge < -0.3 is 0 Å². The summed E-state index contributed by atoms with van der Waals surface area (Å²) >= 11 is 0. The van der Waals surface area contributed by atoms with Crippen LogP contribution in [0.2, 0.25) is 0 Å². The summed E-state index contributed by atoms with van der Waals surface area (Å²) in [7, 11) is 0. The molecule has 0 bridgehead atoms. The van der Waals surface area contributed by atoms with Crippen LogP contribution in [0.3, 0.4) is 0 Å². The smallest absolute Gasteiger partial charge is 0.0697 e. The summed E-state index contributed by atoms with van der Waals surface area (Å²) in [5.74, 6) is 0. The lowest BCUT2D eigenvalue weighted by Crippen LogP contribution is -2.12. The zero-order valence-electron chi connectivity index (χ0n) is 6.47. The molecule has 0 aliphatic carbocycles. The number of nitroso groups, excluding NO2 is 1. The quantitative estimate of drug-likeness (QED) is 0.589. The molecule has 0 atom stereocenters. The largest absolute Gasteiger partial charge is 0.232 e. The van der Waals surface area contributed by atoms with Crippen molar-refractivity contribution in [2.24, 2.45) is 5.29 Å². The van der Waals surface area contributed by atoms with E-state index >= 15 is 0 Å². The highest BCUT2D eigenvalue weighted by Crippen LogP contribution is 2.18. The van der Waals surface area contributed by atoms with Crippen molar-refractivity contribution in [1.29, 1.82) is 0 Å². The summed E-state index contributed by atoms with van der Waals surface area (Å²) in [5, 5.41) is 4.22. The SMILES string of the molecule is O=NN1C=Cc2ccccc2C1. The van der Waals surface area contributed by atoms with Gasteiger partial charge in [-0.25, -0.2) is 5.01 Å². The molecule has 0 saturated carbocycles. The van der Waals surface area contributed by atoms with Gasteiger partial charge in [-0.2, -0.15) is 0 Å². The zero-order chi connectivity index (χ0) is 8.39. The minimum atomic E-state index is 0.580. The summed E-state index contributed by atoms with van der Waals surface area (Å²) in [5.41, 5.74) is 2.30. The van der Waals surface area contributed by atoms with E-state index in [4.69, 9.17) is 0 Å². The maximum Gasteiger partial charge on any atom is 0.0697 e. The predicted octanol–water partition coefficient (Wildman–Crippen LogP) is 2.15. The topological polar surface area (TPSA) is 32.7 Å². The molecule has 0 spiro atoms. The van der Waals surface area contributed by atoms with Crippen LogP contribution in [-0.2, 0) is 6.54 Å². The van der Waals surface area contributed by atoms with Gasteiger partial charge in [0.15, 0.2) is 0 Å². The number of hydrogen-bond donors (Lipinski definition) is 0. The van der Waals surface area contributed by atoms with Crippen LogP contribution in [0.5, 0.6) is 0 Å². The third-order valence-corrected chi connectivity index (χ3v) is 1.92. The van der Waals surface area contributed by atoms with Crippen LogP contribution in [0.25, 0.3) is 6.08 Å². The molecule has 0 radical (unpaired) electrons. The van der Waals surface area contributed by atoms with Crippen LogP contribution in [0, 0.1) is 4.91 Å². The number of rotatable bonds is 1. The van der Waals surface area contributed by atoms with E-state index in [0.29, 0.717) is 6.54 Å². The van der Waals surface area contributed by atoms with E-state index in [2.05, 4.69) is 5.29 Å².